The Morgan fingerprint density at radius 2 is 2.35 bits per heavy atom. The fourth-order valence-electron chi connectivity index (χ4n) is 1.87. The van der Waals surface area contributed by atoms with Gasteiger partial charge in [-0.3, -0.25) is 14.3 Å². The molecule has 108 valence electrons. The first-order valence-corrected chi connectivity index (χ1v) is 6.11. The summed E-state index contributed by atoms with van der Waals surface area (Å²) in [6.07, 6.45) is 3.97. The summed E-state index contributed by atoms with van der Waals surface area (Å²) in [6, 6.07) is -0.469. The molecule has 1 aliphatic rings. The van der Waals surface area contributed by atoms with Crippen molar-refractivity contribution in [3.8, 4) is 0 Å². The number of carbonyl (C=O) groups is 3. The van der Waals surface area contributed by atoms with Gasteiger partial charge in [0.2, 0.25) is 5.91 Å². The molecule has 20 heavy (non-hydrogen) atoms. The van der Waals surface area contributed by atoms with Gasteiger partial charge in [0.1, 0.15) is 6.54 Å². The molecule has 0 aliphatic carbocycles. The molecule has 1 fully saturated rings. The number of hydrogen-bond acceptors (Lipinski definition) is 4. The molecule has 0 spiro atoms. The molecular weight excluding hydrogens is 266 g/mol. The fraction of sp³-hybridized carbons (Fsp3) is 0.455. The van der Waals surface area contributed by atoms with Gasteiger partial charge in [-0.25, -0.2) is 4.79 Å². The van der Waals surface area contributed by atoms with E-state index in [4.69, 9.17) is 5.11 Å². The number of nitrogens with zero attached hydrogens (tertiary/aromatic N) is 2. The van der Waals surface area contributed by atoms with E-state index in [1.165, 1.54) is 17.1 Å². The normalized spacial score (nSPS) is 17.6. The van der Waals surface area contributed by atoms with Crippen molar-refractivity contribution in [2.24, 2.45) is 0 Å². The molecule has 4 N–H and O–H groups in total. The quantitative estimate of drug-likeness (QED) is 0.571. The number of nitrogens with one attached hydrogen (secondary N) is 3. The van der Waals surface area contributed by atoms with Gasteiger partial charge in [-0.2, -0.15) is 5.10 Å². The molecule has 3 amide bonds. The van der Waals surface area contributed by atoms with E-state index in [1.807, 2.05) is 0 Å². The van der Waals surface area contributed by atoms with Gasteiger partial charge in [-0.1, -0.05) is 0 Å². The highest BCUT2D eigenvalue weighted by Crippen LogP contribution is 2.06. The Bertz CT molecular complexity index is 527. The van der Waals surface area contributed by atoms with Crippen LogP contribution in [0.15, 0.2) is 12.4 Å². The van der Waals surface area contributed by atoms with Gasteiger partial charge in [0, 0.05) is 25.2 Å². The molecule has 9 nitrogen and oxygen atoms in total. The van der Waals surface area contributed by atoms with Crippen molar-refractivity contribution in [3.05, 3.63) is 12.4 Å². The summed E-state index contributed by atoms with van der Waals surface area (Å²) in [6.45, 7) is 0.0816. The zero-order valence-corrected chi connectivity index (χ0v) is 10.6. The third-order valence-corrected chi connectivity index (χ3v) is 2.78. The van der Waals surface area contributed by atoms with Crippen LogP contribution in [0.4, 0.5) is 10.5 Å². The van der Waals surface area contributed by atoms with E-state index in [2.05, 4.69) is 21.0 Å². The van der Waals surface area contributed by atoms with Gasteiger partial charge < -0.3 is 21.1 Å². The molecule has 1 aromatic rings. The van der Waals surface area contributed by atoms with Crippen LogP contribution in [0, 0.1) is 0 Å². The van der Waals surface area contributed by atoms with Crippen LogP contribution in [0.3, 0.4) is 0 Å². The summed E-state index contributed by atoms with van der Waals surface area (Å²) in [7, 11) is 0. The second-order valence-corrected chi connectivity index (χ2v) is 4.46. The Morgan fingerprint density at radius 1 is 1.55 bits per heavy atom. The van der Waals surface area contributed by atoms with Crippen LogP contribution in [-0.4, -0.2) is 45.4 Å². The van der Waals surface area contributed by atoms with Gasteiger partial charge >= 0.3 is 12.0 Å². The van der Waals surface area contributed by atoms with Crippen molar-refractivity contribution >= 4 is 23.6 Å². The second kappa shape index (κ2) is 6.04. The smallest absolute Gasteiger partial charge is 0.325 e. The zero-order chi connectivity index (χ0) is 14.5. The number of aromatic nitrogens is 2. The van der Waals surface area contributed by atoms with Crippen molar-refractivity contribution in [3.63, 3.8) is 0 Å². The summed E-state index contributed by atoms with van der Waals surface area (Å²) in [5, 5.41) is 20.3. The standard InChI is InChI=1S/C11H15N5O4/c17-9-2-1-7(14-9)3-12-11(20)15-8-4-13-16(5-8)6-10(18)19/h4-5,7H,1-3,6H2,(H,14,17)(H,18,19)(H2,12,15,20). The van der Waals surface area contributed by atoms with Gasteiger partial charge in [0.15, 0.2) is 0 Å². The molecule has 2 heterocycles. The molecular formula is C11H15N5O4. The number of aliphatic carboxylic acids is 1. The molecule has 9 heteroatoms. The minimum absolute atomic E-state index is 0.00726. The van der Waals surface area contributed by atoms with Crippen molar-refractivity contribution < 1.29 is 19.5 Å². The lowest BCUT2D eigenvalue weighted by Crippen LogP contribution is -2.40. The highest BCUT2D eigenvalue weighted by atomic mass is 16.4. The number of carbonyl (C=O) groups excluding carboxylic acids is 2. The summed E-state index contributed by atoms with van der Waals surface area (Å²) < 4.78 is 1.20. The number of hydrogen-bond donors (Lipinski definition) is 4. The van der Waals surface area contributed by atoms with Crippen molar-refractivity contribution in [2.75, 3.05) is 11.9 Å². The molecule has 2 rings (SSSR count). The number of anilines is 1. The largest absolute Gasteiger partial charge is 0.480 e. The minimum atomic E-state index is -1.01. The van der Waals surface area contributed by atoms with Crippen LogP contribution in [0.1, 0.15) is 12.8 Å². The maximum atomic E-state index is 11.6. The minimum Gasteiger partial charge on any atom is -0.480 e. The molecule has 1 aliphatic heterocycles. The van der Waals surface area contributed by atoms with Crippen molar-refractivity contribution in [1.82, 2.24) is 20.4 Å². The number of urea groups is 1. The highest BCUT2D eigenvalue weighted by molar-refractivity contribution is 5.89. The molecule has 0 aromatic carbocycles. The zero-order valence-electron chi connectivity index (χ0n) is 10.6. The lowest BCUT2D eigenvalue weighted by molar-refractivity contribution is -0.137. The van der Waals surface area contributed by atoms with Crippen LogP contribution in [0.25, 0.3) is 0 Å². The number of carboxylic acids is 1. The Morgan fingerprint density at radius 3 is 3.00 bits per heavy atom. The summed E-state index contributed by atoms with van der Waals surface area (Å²) in [4.78, 5) is 33.1. The van der Waals surface area contributed by atoms with E-state index < -0.39 is 12.0 Å². The van der Waals surface area contributed by atoms with Crippen LogP contribution >= 0.6 is 0 Å². The van der Waals surface area contributed by atoms with Gasteiger partial charge in [0.05, 0.1) is 11.9 Å². The monoisotopic (exact) mass is 281 g/mol. The molecule has 1 aromatic heterocycles. The highest BCUT2D eigenvalue weighted by Gasteiger charge is 2.20. The SMILES string of the molecule is O=C(O)Cn1cc(NC(=O)NCC2CCC(=O)N2)cn1. The first-order valence-electron chi connectivity index (χ1n) is 6.11. The van der Waals surface area contributed by atoms with E-state index in [0.717, 1.165) is 0 Å². The third kappa shape index (κ3) is 3.97. The lowest BCUT2D eigenvalue weighted by Gasteiger charge is -2.11. The maximum Gasteiger partial charge on any atom is 0.325 e. The van der Waals surface area contributed by atoms with Gasteiger partial charge in [-0.05, 0) is 6.42 Å². The predicted molar refractivity (Wildman–Crippen MR) is 68.0 cm³/mol. The van der Waals surface area contributed by atoms with Crippen molar-refractivity contribution in [2.45, 2.75) is 25.4 Å². The lowest BCUT2D eigenvalue weighted by atomic mass is 10.2. The summed E-state index contributed by atoms with van der Waals surface area (Å²) in [5.41, 5.74) is 0.402. The Kier molecular flexibility index (Phi) is 4.18. The van der Waals surface area contributed by atoms with Crippen LogP contribution in [-0.2, 0) is 16.1 Å². The molecule has 0 bridgehead atoms. The fourth-order valence-corrected chi connectivity index (χ4v) is 1.87. The summed E-state index contributed by atoms with van der Waals surface area (Å²) >= 11 is 0. The number of carboxylic acid groups (broad SMARTS) is 1. The molecule has 0 saturated carbocycles. The predicted octanol–water partition coefficient (Wildman–Crippen LogP) is -0.632. The average molecular weight is 281 g/mol. The molecule has 1 atom stereocenters. The number of rotatable bonds is 5. The molecule has 0 radical (unpaired) electrons. The van der Waals surface area contributed by atoms with Crippen molar-refractivity contribution in [1.29, 1.82) is 0 Å². The van der Waals surface area contributed by atoms with Gasteiger partial charge in [0.25, 0.3) is 0 Å². The molecule has 1 unspecified atom stereocenters. The summed E-state index contributed by atoms with van der Waals surface area (Å²) in [5.74, 6) is -1.02. The van der Waals surface area contributed by atoms with Crippen LogP contribution < -0.4 is 16.0 Å². The molecule has 1 saturated heterocycles. The van der Waals surface area contributed by atoms with E-state index in [-0.39, 0.29) is 18.5 Å². The Balaban J connectivity index is 1.75. The van der Waals surface area contributed by atoms with E-state index >= 15 is 0 Å². The Hall–Kier alpha value is -2.58. The van der Waals surface area contributed by atoms with E-state index in [1.54, 1.807) is 0 Å². The third-order valence-electron chi connectivity index (χ3n) is 2.78. The maximum absolute atomic E-state index is 11.6. The van der Waals surface area contributed by atoms with E-state index in [9.17, 15) is 14.4 Å². The van der Waals surface area contributed by atoms with Crippen LogP contribution in [0.2, 0.25) is 0 Å². The number of amides is 3. The van der Waals surface area contributed by atoms with Gasteiger partial charge in [-0.15, -0.1) is 0 Å². The van der Waals surface area contributed by atoms with E-state index in [0.29, 0.717) is 25.1 Å². The van der Waals surface area contributed by atoms with Crippen LogP contribution in [0.5, 0.6) is 0 Å². The topological polar surface area (TPSA) is 125 Å². The first-order chi connectivity index (χ1) is 9.52. The second-order valence-electron chi connectivity index (χ2n) is 4.46. The first kappa shape index (κ1) is 13.8. The average Bonchev–Trinajstić information content (AvgIpc) is 2.95. The Labute approximate surface area is 114 Å².